The number of para-hydroxylation sites is 1. The van der Waals surface area contributed by atoms with Gasteiger partial charge in [0.05, 0.1) is 11.3 Å². The van der Waals surface area contributed by atoms with Crippen molar-refractivity contribution in [2.45, 2.75) is 6.92 Å². The standard InChI is InChI=1S/C24H20N4S2/c1-17-21(24(30)28(27-17)20-15-9-4-10-16-20)22(18-11-5-2-6-12-18)25-26-23(29)19-13-7-3-8-14-19/h2-16,27H,1H3,(H,26,29)/b25-22+. The minimum absolute atomic E-state index is 0.555. The third-order valence-electron chi connectivity index (χ3n) is 4.68. The fourth-order valence-electron chi connectivity index (χ4n) is 3.21. The SMILES string of the molecule is Cc1[nH]n(-c2ccccc2)c(=S)c1/C(=N/NC(=S)c1ccccc1)c1ccccc1. The molecule has 0 spiro atoms. The van der Waals surface area contributed by atoms with E-state index in [1.165, 1.54) is 0 Å². The van der Waals surface area contributed by atoms with E-state index >= 15 is 0 Å². The van der Waals surface area contributed by atoms with Gasteiger partial charge in [-0.1, -0.05) is 103 Å². The Balaban J connectivity index is 1.79. The quantitative estimate of drug-likeness (QED) is 0.248. The van der Waals surface area contributed by atoms with Crippen LogP contribution in [0.4, 0.5) is 0 Å². The maximum Gasteiger partial charge on any atom is 0.137 e. The molecule has 1 aromatic heterocycles. The van der Waals surface area contributed by atoms with Crippen molar-refractivity contribution < 1.29 is 0 Å². The summed E-state index contributed by atoms with van der Waals surface area (Å²) in [4.78, 5) is 0.555. The molecular weight excluding hydrogens is 408 g/mol. The van der Waals surface area contributed by atoms with Gasteiger partial charge in [-0.2, -0.15) is 5.10 Å². The second-order valence-electron chi connectivity index (χ2n) is 6.72. The summed E-state index contributed by atoms with van der Waals surface area (Å²) in [6, 6.07) is 29.7. The molecule has 148 valence electrons. The molecule has 4 nitrogen and oxygen atoms in total. The molecule has 0 radical (unpaired) electrons. The summed E-state index contributed by atoms with van der Waals surface area (Å²) < 4.78 is 2.56. The van der Waals surface area contributed by atoms with E-state index in [0.29, 0.717) is 9.63 Å². The van der Waals surface area contributed by atoms with E-state index < -0.39 is 0 Å². The Bertz CT molecular complexity index is 1240. The highest BCUT2D eigenvalue weighted by Gasteiger charge is 2.17. The Kier molecular flexibility index (Phi) is 5.97. The molecule has 0 aliphatic carbocycles. The lowest BCUT2D eigenvalue weighted by Crippen LogP contribution is -2.20. The van der Waals surface area contributed by atoms with Crippen molar-refractivity contribution in [2.75, 3.05) is 0 Å². The molecule has 1 heterocycles. The number of thiocarbonyl (C=S) groups is 1. The van der Waals surface area contributed by atoms with Gasteiger partial charge in [0.2, 0.25) is 0 Å². The molecule has 0 saturated carbocycles. The van der Waals surface area contributed by atoms with Crippen LogP contribution in [-0.2, 0) is 0 Å². The van der Waals surface area contributed by atoms with Crippen LogP contribution in [0, 0.1) is 11.6 Å². The zero-order chi connectivity index (χ0) is 20.9. The average Bonchev–Trinajstić information content (AvgIpc) is 3.10. The number of nitrogens with one attached hydrogen (secondary N) is 2. The summed E-state index contributed by atoms with van der Waals surface area (Å²) in [6.45, 7) is 2.00. The molecule has 4 aromatic rings. The molecule has 6 heteroatoms. The van der Waals surface area contributed by atoms with E-state index in [4.69, 9.17) is 29.5 Å². The number of hydrogen-bond donors (Lipinski definition) is 2. The minimum atomic E-state index is 0.555. The second-order valence-corrected chi connectivity index (χ2v) is 7.52. The molecule has 30 heavy (non-hydrogen) atoms. The Morgan fingerprint density at radius 1 is 0.833 bits per heavy atom. The summed E-state index contributed by atoms with van der Waals surface area (Å²) in [5, 5.41) is 8.06. The summed E-state index contributed by atoms with van der Waals surface area (Å²) in [7, 11) is 0. The van der Waals surface area contributed by atoms with Crippen molar-refractivity contribution in [3.63, 3.8) is 0 Å². The van der Waals surface area contributed by atoms with Gasteiger partial charge in [-0.05, 0) is 19.1 Å². The van der Waals surface area contributed by atoms with Crippen molar-refractivity contribution in [2.24, 2.45) is 5.10 Å². The highest BCUT2D eigenvalue weighted by Crippen LogP contribution is 2.19. The maximum atomic E-state index is 5.83. The van der Waals surface area contributed by atoms with Gasteiger partial charge in [-0.15, -0.1) is 0 Å². The molecule has 0 aliphatic heterocycles. The first-order valence-corrected chi connectivity index (χ1v) is 10.3. The fourth-order valence-corrected chi connectivity index (χ4v) is 3.79. The lowest BCUT2D eigenvalue weighted by Gasteiger charge is -2.09. The summed E-state index contributed by atoms with van der Waals surface area (Å²) in [6.07, 6.45) is 0. The van der Waals surface area contributed by atoms with Crippen molar-refractivity contribution in [3.05, 3.63) is 118 Å². The van der Waals surface area contributed by atoms with E-state index in [1.807, 2.05) is 103 Å². The third kappa shape index (κ3) is 4.15. The average molecular weight is 429 g/mol. The number of rotatable bonds is 5. The van der Waals surface area contributed by atoms with Crippen LogP contribution in [0.15, 0.2) is 96.1 Å². The van der Waals surface area contributed by atoms with Gasteiger partial charge in [0.1, 0.15) is 15.3 Å². The lowest BCUT2D eigenvalue weighted by molar-refractivity contribution is 0.853. The van der Waals surface area contributed by atoms with Gasteiger partial charge in [-0.3, -0.25) is 10.5 Å². The van der Waals surface area contributed by atoms with Crippen LogP contribution in [0.25, 0.3) is 5.69 Å². The van der Waals surface area contributed by atoms with Gasteiger partial charge in [-0.25, -0.2) is 4.68 Å². The highest BCUT2D eigenvalue weighted by atomic mass is 32.1. The van der Waals surface area contributed by atoms with Gasteiger partial charge in [0.15, 0.2) is 0 Å². The summed E-state index contributed by atoms with van der Waals surface area (Å²) in [5.41, 5.74) is 8.41. The molecule has 0 unspecified atom stereocenters. The minimum Gasteiger partial charge on any atom is -0.297 e. The van der Waals surface area contributed by atoms with Crippen LogP contribution in [-0.4, -0.2) is 20.5 Å². The van der Waals surface area contributed by atoms with Crippen LogP contribution in [0.2, 0.25) is 0 Å². The number of hydrogen-bond acceptors (Lipinski definition) is 3. The first-order valence-electron chi connectivity index (χ1n) is 9.51. The smallest absolute Gasteiger partial charge is 0.137 e. The third-order valence-corrected chi connectivity index (χ3v) is 5.39. The predicted molar refractivity (Wildman–Crippen MR) is 129 cm³/mol. The van der Waals surface area contributed by atoms with Crippen LogP contribution < -0.4 is 5.43 Å². The van der Waals surface area contributed by atoms with Gasteiger partial charge in [0, 0.05) is 16.8 Å². The number of aryl methyl sites for hydroxylation is 1. The molecule has 2 N–H and O–H groups in total. The molecule has 0 fully saturated rings. The molecular formula is C24H20N4S2. The summed E-state index contributed by atoms with van der Waals surface area (Å²) >= 11 is 11.4. The number of aromatic nitrogens is 2. The second kappa shape index (κ2) is 8.98. The van der Waals surface area contributed by atoms with Crippen LogP contribution in [0.3, 0.4) is 0 Å². The zero-order valence-electron chi connectivity index (χ0n) is 16.4. The first kappa shape index (κ1) is 19.9. The normalized spacial score (nSPS) is 11.3. The first-order chi connectivity index (χ1) is 14.6. The Morgan fingerprint density at radius 3 is 1.97 bits per heavy atom. The van der Waals surface area contributed by atoms with Gasteiger partial charge < -0.3 is 0 Å². The van der Waals surface area contributed by atoms with E-state index in [-0.39, 0.29) is 0 Å². The van der Waals surface area contributed by atoms with E-state index in [0.717, 1.165) is 33.8 Å². The predicted octanol–water partition coefficient (Wildman–Crippen LogP) is 5.56. The molecule has 3 aromatic carbocycles. The van der Waals surface area contributed by atoms with Crippen molar-refractivity contribution in [1.29, 1.82) is 0 Å². The van der Waals surface area contributed by atoms with Gasteiger partial charge in [0.25, 0.3) is 0 Å². The topological polar surface area (TPSA) is 45.1 Å². The fraction of sp³-hybridized carbons (Fsp3) is 0.0417. The monoisotopic (exact) mass is 428 g/mol. The Labute approximate surface area is 185 Å². The Morgan fingerprint density at radius 2 is 1.37 bits per heavy atom. The van der Waals surface area contributed by atoms with E-state index in [9.17, 15) is 0 Å². The maximum absolute atomic E-state index is 5.83. The molecule has 4 rings (SSSR count). The number of nitrogens with zero attached hydrogens (tertiary/aromatic N) is 2. The van der Waals surface area contributed by atoms with Crippen molar-refractivity contribution >= 4 is 35.1 Å². The largest absolute Gasteiger partial charge is 0.297 e. The molecule has 0 bridgehead atoms. The molecule has 0 atom stereocenters. The number of hydrazone groups is 1. The van der Waals surface area contributed by atoms with Crippen LogP contribution in [0.5, 0.6) is 0 Å². The van der Waals surface area contributed by atoms with Crippen LogP contribution in [0.1, 0.15) is 22.4 Å². The Hall–Kier alpha value is -3.35. The number of aromatic amines is 1. The number of benzene rings is 3. The van der Waals surface area contributed by atoms with Crippen molar-refractivity contribution in [1.82, 2.24) is 15.2 Å². The van der Waals surface area contributed by atoms with Crippen LogP contribution >= 0.6 is 24.4 Å². The molecule has 0 aliphatic rings. The molecule has 0 amide bonds. The van der Waals surface area contributed by atoms with E-state index in [1.54, 1.807) is 0 Å². The lowest BCUT2D eigenvalue weighted by atomic mass is 10.0. The summed E-state index contributed by atoms with van der Waals surface area (Å²) in [5.74, 6) is 0. The number of H-pyrrole nitrogens is 1. The molecule has 0 saturated heterocycles. The van der Waals surface area contributed by atoms with Gasteiger partial charge >= 0.3 is 0 Å². The van der Waals surface area contributed by atoms with Crippen molar-refractivity contribution in [3.8, 4) is 5.69 Å². The highest BCUT2D eigenvalue weighted by molar-refractivity contribution is 7.80. The van der Waals surface area contributed by atoms with E-state index in [2.05, 4.69) is 10.5 Å². The zero-order valence-corrected chi connectivity index (χ0v) is 18.0.